The second-order valence-electron chi connectivity index (χ2n) is 5.95. The number of aliphatic imine (C=N–C) groups is 1. The number of anilines is 1. The number of aromatic nitrogens is 1. The molecule has 0 aliphatic heterocycles. The molecular formula is C20H28IN5O2. The van der Waals surface area contributed by atoms with E-state index < -0.39 is 0 Å². The monoisotopic (exact) mass is 497 g/mol. The van der Waals surface area contributed by atoms with E-state index in [4.69, 9.17) is 4.74 Å². The number of amides is 1. The molecule has 1 aromatic heterocycles. The lowest BCUT2D eigenvalue weighted by atomic mass is 10.2. The van der Waals surface area contributed by atoms with E-state index in [-0.39, 0.29) is 29.9 Å². The number of rotatable bonds is 8. The van der Waals surface area contributed by atoms with Crippen LogP contribution in [0, 0.1) is 6.92 Å². The number of methoxy groups -OCH3 is 1. The molecule has 1 heterocycles. The first-order chi connectivity index (χ1) is 13.1. The third-order valence-corrected chi connectivity index (χ3v) is 3.77. The van der Waals surface area contributed by atoms with Gasteiger partial charge in [-0.05, 0) is 31.5 Å². The molecule has 0 radical (unpaired) electrons. The molecule has 0 saturated heterocycles. The summed E-state index contributed by atoms with van der Waals surface area (Å²) in [6.07, 6.45) is 2.04. The average molecular weight is 497 g/mol. The van der Waals surface area contributed by atoms with Gasteiger partial charge in [-0.3, -0.25) is 4.79 Å². The molecule has 2 rings (SSSR count). The van der Waals surface area contributed by atoms with Crippen molar-refractivity contribution < 1.29 is 9.53 Å². The van der Waals surface area contributed by atoms with Crippen molar-refractivity contribution in [2.45, 2.75) is 26.8 Å². The summed E-state index contributed by atoms with van der Waals surface area (Å²) in [5, 5.41) is 9.13. The van der Waals surface area contributed by atoms with E-state index >= 15 is 0 Å². The molecule has 152 valence electrons. The first-order valence-corrected chi connectivity index (χ1v) is 8.99. The molecule has 8 heteroatoms. The molecular weight excluding hydrogens is 469 g/mol. The second-order valence-corrected chi connectivity index (χ2v) is 5.95. The lowest BCUT2D eigenvalue weighted by Gasteiger charge is -2.12. The average Bonchev–Trinajstić information content (AvgIpc) is 2.68. The predicted molar refractivity (Wildman–Crippen MR) is 123 cm³/mol. The van der Waals surface area contributed by atoms with Gasteiger partial charge in [0.1, 0.15) is 11.6 Å². The fourth-order valence-corrected chi connectivity index (χ4v) is 2.38. The Morgan fingerprint density at radius 2 is 1.96 bits per heavy atom. The minimum Gasteiger partial charge on any atom is -0.496 e. The summed E-state index contributed by atoms with van der Waals surface area (Å²) in [5.41, 5.74) is 2.05. The van der Waals surface area contributed by atoms with Crippen molar-refractivity contribution in [2.75, 3.05) is 25.5 Å². The number of carbonyl (C=O) groups excluding carboxylic acids is 1. The van der Waals surface area contributed by atoms with E-state index in [1.54, 1.807) is 19.4 Å². The molecule has 7 nitrogen and oxygen atoms in total. The Labute approximate surface area is 183 Å². The minimum atomic E-state index is -0.0977. The number of benzene rings is 1. The standard InChI is InChI=1S/C20H27N5O2.HI/c1-4-21-20(24-14-16-7-5-6-8-17(16)27-3)22-12-11-19(26)25-18-10-9-15(2)13-23-18;/h5-10,13H,4,11-12,14H2,1-3H3,(H2,21,22,24)(H,23,25,26);1H. The van der Waals surface area contributed by atoms with Crippen LogP contribution in [-0.2, 0) is 11.3 Å². The van der Waals surface area contributed by atoms with E-state index in [0.717, 1.165) is 23.4 Å². The maximum absolute atomic E-state index is 12.0. The van der Waals surface area contributed by atoms with Crippen molar-refractivity contribution in [3.63, 3.8) is 0 Å². The lowest BCUT2D eigenvalue weighted by Crippen LogP contribution is -2.38. The van der Waals surface area contributed by atoms with Gasteiger partial charge in [0.15, 0.2) is 5.96 Å². The Hall–Kier alpha value is -2.36. The zero-order valence-electron chi connectivity index (χ0n) is 16.5. The van der Waals surface area contributed by atoms with E-state index in [9.17, 15) is 4.79 Å². The number of nitrogens with one attached hydrogen (secondary N) is 3. The number of carbonyl (C=O) groups is 1. The highest BCUT2D eigenvalue weighted by Crippen LogP contribution is 2.17. The number of halogens is 1. The Morgan fingerprint density at radius 1 is 1.18 bits per heavy atom. The van der Waals surface area contributed by atoms with Crippen molar-refractivity contribution >= 4 is 41.7 Å². The first-order valence-electron chi connectivity index (χ1n) is 8.99. The topological polar surface area (TPSA) is 87.6 Å². The zero-order chi connectivity index (χ0) is 19.5. The van der Waals surface area contributed by atoms with Crippen molar-refractivity contribution in [3.8, 4) is 5.75 Å². The van der Waals surface area contributed by atoms with Gasteiger partial charge in [0.05, 0.1) is 13.7 Å². The molecule has 0 saturated carbocycles. The summed E-state index contributed by atoms with van der Waals surface area (Å²) < 4.78 is 5.35. The number of aryl methyl sites for hydroxylation is 1. The molecule has 0 atom stereocenters. The van der Waals surface area contributed by atoms with E-state index in [1.807, 2.05) is 44.2 Å². The van der Waals surface area contributed by atoms with E-state index in [0.29, 0.717) is 31.3 Å². The molecule has 0 unspecified atom stereocenters. The fraction of sp³-hybridized carbons (Fsp3) is 0.350. The van der Waals surface area contributed by atoms with Gasteiger partial charge < -0.3 is 20.7 Å². The van der Waals surface area contributed by atoms with Crippen molar-refractivity contribution in [1.82, 2.24) is 15.6 Å². The largest absolute Gasteiger partial charge is 0.496 e. The summed E-state index contributed by atoms with van der Waals surface area (Å²) in [5.74, 6) is 1.92. The molecule has 0 spiro atoms. The van der Waals surface area contributed by atoms with Crippen LogP contribution in [0.5, 0.6) is 5.75 Å². The normalized spacial score (nSPS) is 10.6. The third kappa shape index (κ3) is 8.12. The number of para-hydroxylation sites is 1. The van der Waals surface area contributed by atoms with Gasteiger partial charge in [-0.15, -0.1) is 24.0 Å². The van der Waals surface area contributed by atoms with Gasteiger partial charge in [0.2, 0.25) is 5.91 Å². The SMILES string of the molecule is CCNC(=NCc1ccccc1OC)NCCC(=O)Nc1ccc(C)cn1.I. The van der Waals surface area contributed by atoms with Crippen molar-refractivity contribution in [2.24, 2.45) is 4.99 Å². The third-order valence-electron chi connectivity index (χ3n) is 3.77. The quantitative estimate of drug-likeness (QED) is 0.297. The number of nitrogens with zero attached hydrogens (tertiary/aromatic N) is 2. The lowest BCUT2D eigenvalue weighted by molar-refractivity contribution is -0.116. The summed E-state index contributed by atoms with van der Waals surface area (Å²) in [6.45, 7) is 5.64. The fourth-order valence-electron chi connectivity index (χ4n) is 2.38. The number of hydrogen-bond donors (Lipinski definition) is 3. The van der Waals surface area contributed by atoms with Crippen LogP contribution in [0.3, 0.4) is 0 Å². The van der Waals surface area contributed by atoms with Gasteiger partial charge in [-0.25, -0.2) is 9.98 Å². The molecule has 0 bridgehead atoms. The molecule has 3 N–H and O–H groups in total. The van der Waals surface area contributed by atoms with Gasteiger partial charge in [-0.1, -0.05) is 24.3 Å². The summed E-state index contributed by atoms with van der Waals surface area (Å²) in [7, 11) is 1.65. The minimum absolute atomic E-state index is 0. The Kier molecular flexibility index (Phi) is 10.9. The van der Waals surface area contributed by atoms with Crippen LogP contribution >= 0.6 is 24.0 Å². The molecule has 0 aliphatic carbocycles. The highest BCUT2D eigenvalue weighted by molar-refractivity contribution is 14.0. The van der Waals surface area contributed by atoms with E-state index in [2.05, 4.69) is 25.9 Å². The first kappa shape index (κ1) is 23.7. The molecule has 1 aromatic carbocycles. The molecule has 0 aliphatic rings. The van der Waals surface area contributed by atoms with Crippen LogP contribution < -0.4 is 20.7 Å². The van der Waals surface area contributed by atoms with Crippen molar-refractivity contribution in [3.05, 3.63) is 53.7 Å². The Morgan fingerprint density at radius 3 is 2.64 bits per heavy atom. The Bertz CT molecular complexity index is 765. The van der Waals surface area contributed by atoms with Crippen LogP contribution in [0.1, 0.15) is 24.5 Å². The van der Waals surface area contributed by atoms with Crippen LogP contribution in [0.4, 0.5) is 5.82 Å². The number of hydrogen-bond acceptors (Lipinski definition) is 4. The molecule has 0 fully saturated rings. The maximum atomic E-state index is 12.0. The van der Waals surface area contributed by atoms with Crippen LogP contribution in [0.2, 0.25) is 0 Å². The van der Waals surface area contributed by atoms with Gasteiger partial charge in [0, 0.05) is 31.3 Å². The molecule has 1 amide bonds. The Balaban J connectivity index is 0.00000392. The second kappa shape index (κ2) is 12.9. The van der Waals surface area contributed by atoms with Gasteiger partial charge in [0.25, 0.3) is 0 Å². The summed E-state index contributed by atoms with van der Waals surface area (Å²) in [4.78, 5) is 20.8. The van der Waals surface area contributed by atoms with Gasteiger partial charge >= 0.3 is 0 Å². The zero-order valence-corrected chi connectivity index (χ0v) is 18.8. The maximum Gasteiger partial charge on any atom is 0.227 e. The van der Waals surface area contributed by atoms with E-state index in [1.165, 1.54) is 0 Å². The number of guanidine groups is 1. The van der Waals surface area contributed by atoms with Crippen LogP contribution in [-0.4, -0.2) is 37.1 Å². The highest BCUT2D eigenvalue weighted by Gasteiger charge is 2.05. The summed E-state index contributed by atoms with van der Waals surface area (Å²) >= 11 is 0. The number of pyridine rings is 1. The van der Waals surface area contributed by atoms with Crippen molar-refractivity contribution in [1.29, 1.82) is 0 Å². The smallest absolute Gasteiger partial charge is 0.227 e. The van der Waals surface area contributed by atoms with Gasteiger partial charge in [-0.2, -0.15) is 0 Å². The van der Waals surface area contributed by atoms with Crippen LogP contribution in [0.15, 0.2) is 47.6 Å². The summed E-state index contributed by atoms with van der Waals surface area (Å²) in [6, 6.07) is 11.5. The molecule has 28 heavy (non-hydrogen) atoms. The highest BCUT2D eigenvalue weighted by atomic mass is 127. The predicted octanol–water partition coefficient (Wildman–Crippen LogP) is 3.10. The number of ether oxygens (including phenoxy) is 1. The van der Waals surface area contributed by atoms with Crippen LogP contribution in [0.25, 0.3) is 0 Å². The molecule has 2 aromatic rings.